The van der Waals surface area contributed by atoms with Gasteiger partial charge in [-0.1, -0.05) is 24.6 Å². The van der Waals surface area contributed by atoms with Crippen molar-refractivity contribution in [2.45, 2.75) is 32.7 Å². The molecule has 2 rings (SSSR count). The number of carbonyl (C=O) groups excluding carboxylic acids is 1. The molecule has 1 heterocycles. The molecule has 5 heteroatoms. The zero-order valence-corrected chi connectivity index (χ0v) is 14.4. The molecule has 0 aliphatic rings. The van der Waals surface area contributed by atoms with Crippen LogP contribution in [0.25, 0.3) is 0 Å². The van der Waals surface area contributed by atoms with E-state index in [1.54, 1.807) is 41.6 Å². The van der Waals surface area contributed by atoms with E-state index < -0.39 is 0 Å². The third kappa shape index (κ3) is 4.70. The van der Waals surface area contributed by atoms with Crippen molar-refractivity contribution in [1.29, 1.82) is 0 Å². The van der Waals surface area contributed by atoms with Gasteiger partial charge in [0.15, 0.2) is 0 Å². The van der Waals surface area contributed by atoms with Gasteiger partial charge in [-0.05, 0) is 43.2 Å². The molecule has 23 heavy (non-hydrogen) atoms. The molecule has 1 atom stereocenters. The van der Waals surface area contributed by atoms with Crippen molar-refractivity contribution in [3.8, 4) is 11.5 Å². The van der Waals surface area contributed by atoms with Crippen LogP contribution in [0.4, 0.5) is 0 Å². The van der Waals surface area contributed by atoms with Gasteiger partial charge < -0.3 is 9.64 Å². The summed E-state index contributed by atoms with van der Waals surface area (Å²) in [6.45, 7) is 4.10. The number of carbonyl (C=O) groups is 1. The summed E-state index contributed by atoms with van der Waals surface area (Å²) in [5.41, 5.74) is 0.872. The summed E-state index contributed by atoms with van der Waals surface area (Å²) in [6, 6.07) is 9.18. The molecule has 0 bridgehead atoms. The van der Waals surface area contributed by atoms with Gasteiger partial charge in [-0.2, -0.15) is 0 Å². The lowest BCUT2D eigenvalue weighted by Gasteiger charge is -2.24. The van der Waals surface area contributed by atoms with Crippen LogP contribution < -0.4 is 4.74 Å². The molecule has 0 aliphatic carbocycles. The fraction of sp³-hybridized carbons (Fsp3) is 0.333. The molecule has 1 unspecified atom stereocenters. The predicted octanol–water partition coefficient (Wildman–Crippen LogP) is 4.33. The molecule has 122 valence electrons. The number of ether oxygens (including phenoxy) is 1. The molecular formula is C18H21ClN2O2. The van der Waals surface area contributed by atoms with Gasteiger partial charge in [0, 0.05) is 25.5 Å². The van der Waals surface area contributed by atoms with Crippen molar-refractivity contribution < 1.29 is 9.53 Å². The number of pyridine rings is 1. The van der Waals surface area contributed by atoms with Crippen LogP contribution in [0.1, 0.15) is 25.8 Å². The normalized spacial score (nSPS) is 11.8. The van der Waals surface area contributed by atoms with Gasteiger partial charge in [0.2, 0.25) is 5.91 Å². The van der Waals surface area contributed by atoms with E-state index in [4.69, 9.17) is 16.3 Å². The molecular weight excluding hydrogens is 312 g/mol. The zero-order valence-electron chi connectivity index (χ0n) is 13.6. The highest BCUT2D eigenvalue weighted by molar-refractivity contribution is 6.32. The summed E-state index contributed by atoms with van der Waals surface area (Å²) in [5, 5.41) is 0.485. The fourth-order valence-corrected chi connectivity index (χ4v) is 2.33. The van der Waals surface area contributed by atoms with Crippen LogP contribution in [0, 0.1) is 0 Å². The van der Waals surface area contributed by atoms with Gasteiger partial charge in [0.25, 0.3) is 0 Å². The number of halogens is 1. The Morgan fingerprint density at radius 2 is 2.00 bits per heavy atom. The summed E-state index contributed by atoms with van der Waals surface area (Å²) in [7, 11) is 1.83. The quantitative estimate of drug-likeness (QED) is 0.790. The largest absolute Gasteiger partial charge is 0.456 e. The maximum Gasteiger partial charge on any atom is 0.226 e. The number of hydrogen-bond acceptors (Lipinski definition) is 3. The molecule has 0 N–H and O–H groups in total. The van der Waals surface area contributed by atoms with Crippen LogP contribution >= 0.6 is 11.6 Å². The second kappa shape index (κ2) is 7.97. The lowest BCUT2D eigenvalue weighted by molar-refractivity contribution is -0.130. The lowest BCUT2D eigenvalue weighted by atomic mass is 10.1. The molecule has 0 spiro atoms. The number of rotatable bonds is 6. The zero-order chi connectivity index (χ0) is 16.8. The van der Waals surface area contributed by atoms with E-state index in [0.717, 1.165) is 12.0 Å². The standard InChI is InChI=1S/C18H21ClN2O2/c1-4-13(2)21(3)18(22)12-14-5-6-17(16(19)11-14)23-15-7-9-20-10-8-15/h5-11,13H,4,12H2,1-3H3. The first kappa shape index (κ1) is 17.3. The van der Waals surface area contributed by atoms with Crippen molar-refractivity contribution >= 4 is 17.5 Å². The van der Waals surface area contributed by atoms with Crippen molar-refractivity contribution in [2.75, 3.05) is 7.05 Å². The van der Waals surface area contributed by atoms with E-state index in [1.165, 1.54) is 0 Å². The number of benzene rings is 1. The van der Waals surface area contributed by atoms with Crippen molar-refractivity contribution in [3.05, 3.63) is 53.3 Å². The van der Waals surface area contributed by atoms with Gasteiger partial charge in [-0.25, -0.2) is 0 Å². The molecule has 0 fully saturated rings. The second-order valence-electron chi connectivity index (χ2n) is 5.49. The van der Waals surface area contributed by atoms with Gasteiger partial charge in [0.1, 0.15) is 11.5 Å². The fourth-order valence-electron chi connectivity index (χ4n) is 2.09. The molecule has 1 aromatic carbocycles. The van der Waals surface area contributed by atoms with Gasteiger partial charge in [0.05, 0.1) is 11.4 Å². The maximum absolute atomic E-state index is 12.2. The molecule has 4 nitrogen and oxygen atoms in total. The first-order valence-corrected chi connectivity index (χ1v) is 8.01. The molecule has 0 saturated carbocycles. The summed E-state index contributed by atoms with van der Waals surface area (Å²) >= 11 is 6.27. The summed E-state index contributed by atoms with van der Waals surface area (Å²) in [5.74, 6) is 1.31. The van der Waals surface area contributed by atoms with Gasteiger partial charge in [-0.15, -0.1) is 0 Å². The van der Waals surface area contributed by atoms with Gasteiger partial charge in [-0.3, -0.25) is 9.78 Å². The molecule has 0 saturated heterocycles. The highest BCUT2D eigenvalue weighted by atomic mass is 35.5. The highest BCUT2D eigenvalue weighted by Crippen LogP contribution is 2.30. The molecule has 0 aliphatic heterocycles. The van der Waals surface area contributed by atoms with Crippen molar-refractivity contribution in [3.63, 3.8) is 0 Å². The van der Waals surface area contributed by atoms with E-state index in [2.05, 4.69) is 11.9 Å². The number of amides is 1. The summed E-state index contributed by atoms with van der Waals surface area (Å²) in [6.07, 6.45) is 4.57. The third-order valence-corrected chi connectivity index (χ3v) is 4.17. The van der Waals surface area contributed by atoms with Gasteiger partial charge >= 0.3 is 0 Å². The average molecular weight is 333 g/mol. The smallest absolute Gasteiger partial charge is 0.226 e. The minimum atomic E-state index is 0.0817. The lowest BCUT2D eigenvalue weighted by Crippen LogP contribution is -2.35. The Bertz CT molecular complexity index is 661. The Morgan fingerprint density at radius 3 is 2.61 bits per heavy atom. The SMILES string of the molecule is CCC(C)N(C)C(=O)Cc1ccc(Oc2ccncc2)c(Cl)c1. The van der Waals surface area contributed by atoms with E-state index in [-0.39, 0.29) is 11.9 Å². The monoisotopic (exact) mass is 332 g/mol. The Labute approximate surface area is 142 Å². The number of likely N-dealkylation sites (N-methyl/N-ethyl adjacent to an activating group) is 1. The number of nitrogens with zero attached hydrogens (tertiary/aromatic N) is 2. The molecule has 2 aromatic rings. The first-order valence-electron chi connectivity index (χ1n) is 7.63. The van der Waals surface area contributed by atoms with Crippen LogP contribution in [0.3, 0.4) is 0 Å². The first-order chi connectivity index (χ1) is 11.0. The van der Waals surface area contributed by atoms with E-state index in [1.807, 2.05) is 20.0 Å². The molecule has 1 amide bonds. The Balaban J connectivity index is 2.06. The van der Waals surface area contributed by atoms with Crippen LogP contribution in [-0.2, 0) is 11.2 Å². The molecule has 0 radical (unpaired) electrons. The third-order valence-electron chi connectivity index (χ3n) is 3.87. The van der Waals surface area contributed by atoms with E-state index >= 15 is 0 Å². The minimum absolute atomic E-state index is 0.0817. The Kier molecular flexibility index (Phi) is 5.99. The summed E-state index contributed by atoms with van der Waals surface area (Å²) in [4.78, 5) is 18.0. The predicted molar refractivity (Wildman–Crippen MR) is 92.0 cm³/mol. The second-order valence-corrected chi connectivity index (χ2v) is 5.90. The van der Waals surface area contributed by atoms with E-state index in [0.29, 0.717) is 22.9 Å². The average Bonchev–Trinajstić information content (AvgIpc) is 2.56. The number of hydrogen-bond donors (Lipinski definition) is 0. The molecule has 1 aromatic heterocycles. The topological polar surface area (TPSA) is 42.4 Å². The van der Waals surface area contributed by atoms with Crippen LogP contribution in [0.15, 0.2) is 42.7 Å². The Morgan fingerprint density at radius 1 is 1.30 bits per heavy atom. The van der Waals surface area contributed by atoms with Crippen molar-refractivity contribution in [1.82, 2.24) is 9.88 Å². The minimum Gasteiger partial charge on any atom is -0.456 e. The maximum atomic E-state index is 12.2. The van der Waals surface area contributed by atoms with Crippen molar-refractivity contribution in [2.24, 2.45) is 0 Å². The Hall–Kier alpha value is -2.07. The van der Waals surface area contributed by atoms with Crippen LogP contribution in [0.2, 0.25) is 5.02 Å². The number of aromatic nitrogens is 1. The van der Waals surface area contributed by atoms with E-state index in [9.17, 15) is 4.79 Å². The van der Waals surface area contributed by atoms with Crippen LogP contribution in [-0.4, -0.2) is 28.9 Å². The van der Waals surface area contributed by atoms with Crippen LogP contribution in [0.5, 0.6) is 11.5 Å². The highest BCUT2D eigenvalue weighted by Gasteiger charge is 2.15. The summed E-state index contributed by atoms with van der Waals surface area (Å²) < 4.78 is 5.70.